The van der Waals surface area contributed by atoms with Gasteiger partial charge in [-0.3, -0.25) is 4.79 Å². The summed E-state index contributed by atoms with van der Waals surface area (Å²) in [6.45, 7) is 0. The first-order valence-corrected chi connectivity index (χ1v) is 6.45. The zero-order chi connectivity index (χ0) is 14.5. The third-order valence-electron chi connectivity index (χ3n) is 2.88. The van der Waals surface area contributed by atoms with E-state index in [9.17, 15) is 4.79 Å². The molecule has 6 heteroatoms. The van der Waals surface area contributed by atoms with Gasteiger partial charge in [-0.15, -0.1) is 0 Å². The minimum absolute atomic E-state index is 0.109. The number of hydrogen-bond acceptors (Lipinski definition) is 4. The van der Waals surface area contributed by atoms with E-state index in [4.69, 9.17) is 0 Å². The Bertz CT molecular complexity index is 725. The predicted octanol–water partition coefficient (Wildman–Crippen LogP) is 1.84. The molecule has 0 aliphatic rings. The lowest BCUT2D eigenvalue weighted by atomic mass is 10.2. The van der Waals surface area contributed by atoms with Gasteiger partial charge in [0.1, 0.15) is 6.33 Å². The summed E-state index contributed by atoms with van der Waals surface area (Å²) in [6, 6.07) is 9.35. The second kappa shape index (κ2) is 5.96. The summed E-state index contributed by atoms with van der Waals surface area (Å²) in [5.41, 5.74) is 2.39. The standard InChI is InChI=1S/C15H13N5O/c21-15(7-12-9-16-11-17-10-12)19-13-3-1-4-14(8-13)20-6-2-5-18-20/h1-6,8-11H,7H2,(H,19,21). The molecule has 0 saturated heterocycles. The Morgan fingerprint density at radius 3 is 2.81 bits per heavy atom. The van der Waals surface area contributed by atoms with Crippen LogP contribution in [0.4, 0.5) is 5.69 Å². The van der Waals surface area contributed by atoms with Crippen molar-refractivity contribution in [3.63, 3.8) is 0 Å². The van der Waals surface area contributed by atoms with Crippen molar-refractivity contribution in [2.24, 2.45) is 0 Å². The van der Waals surface area contributed by atoms with Crippen LogP contribution in [-0.4, -0.2) is 25.7 Å². The fraction of sp³-hybridized carbons (Fsp3) is 0.0667. The van der Waals surface area contributed by atoms with Crippen molar-refractivity contribution < 1.29 is 4.79 Å². The molecule has 0 aliphatic heterocycles. The molecule has 2 aromatic heterocycles. The maximum Gasteiger partial charge on any atom is 0.228 e. The van der Waals surface area contributed by atoms with Gasteiger partial charge < -0.3 is 5.32 Å². The summed E-state index contributed by atoms with van der Waals surface area (Å²) in [6.07, 6.45) is 8.50. The molecule has 0 radical (unpaired) electrons. The van der Waals surface area contributed by atoms with Gasteiger partial charge in [-0.25, -0.2) is 14.6 Å². The van der Waals surface area contributed by atoms with E-state index in [1.807, 2.05) is 36.5 Å². The monoisotopic (exact) mass is 279 g/mol. The molecule has 0 bridgehead atoms. The number of aromatic nitrogens is 4. The van der Waals surface area contributed by atoms with E-state index in [0.717, 1.165) is 16.9 Å². The summed E-state index contributed by atoms with van der Waals surface area (Å²) in [5, 5.41) is 7.02. The number of hydrogen-bond donors (Lipinski definition) is 1. The van der Waals surface area contributed by atoms with Crippen LogP contribution in [0.25, 0.3) is 5.69 Å². The number of carbonyl (C=O) groups is 1. The highest BCUT2D eigenvalue weighted by Crippen LogP contribution is 2.14. The first-order chi connectivity index (χ1) is 10.3. The van der Waals surface area contributed by atoms with E-state index in [1.165, 1.54) is 6.33 Å². The van der Waals surface area contributed by atoms with Crippen LogP contribution in [0, 0.1) is 0 Å². The maximum atomic E-state index is 12.0. The Balaban J connectivity index is 1.70. The van der Waals surface area contributed by atoms with Gasteiger partial charge in [-0.1, -0.05) is 6.07 Å². The highest BCUT2D eigenvalue weighted by molar-refractivity contribution is 5.92. The molecule has 1 amide bonds. The molecular weight excluding hydrogens is 266 g/mol. The minimum Gasteiger partial charge on any atom is -0.326 e. The van der Waals surface area contributed by atoms with E-state index in [-0.39, 0.29) is 12.3 Å². The van der Waals surface area contributed by atoms with Gasteiger partial charge in [0.15, 0.2) is 0 Å². The first-order valence-electron chi connectivity index (χ1n) is 6.45. The molecule has 3 rings (SSSR count). The number of anilines is 1. The molecule has 3 aromatic rings. The smallest absolute Gasteiger partial charge is 0.228 e. The summed E-state index contributed by atoms with van der Waals surface area (Å²) < 4.78 is 1.74. The lowest BCUT2D eigenvalue weighted by Crippen LogP contribution is -2.14. The van der Waals surface area contributed by atoms with Crippen LogP contribution in [-0.2, 0) is 11.2 Å². The Kier molecular flexibility index (Phi) is 3.68. The van der Waals surface area contributed by atoms with Crippen LogP contribution in [0.3, 0.4) is 0 Å². The second-order valence-corrected chi connectivity index (χ2v) is 4.47. The third kappa shape index (κ3) is 3.30. The van der Waals surface area contributed by atoms with Crippen LogP contribution in [0.5, 0.6) is 0 Å². The highest BCUT2D eigenvalue weighted by atomic mass is 16.1. The summed E-state index contributed by atoms with van der Waals surface area (Å²) in [7, 11) is 0. The van der Waals surface area contributed by atoms with Crippen molar-refractivity contribution in [3.8, 4) is 5.69 Å². The quantitative estimate of drug-likeness (QED) is 0.791. The van der Waals surface area contributed by atoms with Crippen LogP contribution in [0.2, 0.25) is 0 Å². The van der Waals surface area contributed by atoms with Crippen LogP contribution in [0.1, 0.15) is 5.56 Å². The number of amides is 1. The topological polar surface area (TPSA) is 72.7 Å². The molecule has 0 saturated carbocycles. The predicted molar refractivity (Wildman–Crippen MR) is 77.9 cm³/mol. The van der Waals surface area contributed by atoms with Crippen LogP contribution in [0.15, 0.2) is 61.4 Å². The van der Waals surface area contributed by atoms with Crippen molar-refractivity contribution >= 4 is 11.6 Å². The van der Waals surface area contributed by atoms with Crippen LogP contribution >= 0.6 is 0 Å². The number of rotatable bonds is 4. The van der Waals surface area contributed by atoms with E-state index in [2.05, 4.69) is 20.4 Å². The van der Waals surface area contributed by atoms with Crippen molar-refractivity contribution in [2.45, 2.75) is 6.42 Å². The van der Waals surface area contributed by atoms with Gasteiger partial charge in [-0.2, -0.15) is 5.10 Å². The Hall–Kier alpha value is -3.02. The van der Waals surface area contributed by atoms with Gasteiger partial charge in [0.25, 0.3) is 0 Å². The average Bonchev–Trinajstić information content (AvgIpc) is 3.02. The summed E-state index contributed by atoms with van der Waals surface area (Å²) in [4.78, 5) is 19.8. The first kappa shape index (κ1) is 13.0. The molecule has 0 unspecified atom stereocenters. The molecular formula is C15H13N5O. The third-order valence-corrected chi connectivity index (χ3v) is 2.88. The largest absolute Gasteiger partial charge is 0.326 e. The van der Waals surface area contributed by atoms with E-state index >= 15 is 0 Å². The van der Waals surface area contributed by atoms with Crippen molar-refractivity contribution in [1.82, 2.24) is 19.7 Å². The number of nitrogens with one attached hydrogen (secondary N) is 1. The second-order valence-electron chi connectivity index (χ2n) is 4.47. The Labute approximate surface area is 121 Å². The Morgan fingerprint density at radius 2 is 2.05 bits per heavy atom. The highest BCUT2D eigenvalue weighted by Gasteiger charge is 2.05. The van der Waals surface area contributed by atoms with Gasteiger partial charge in [0, 0.05) is 30.5 Å². The molecule has 21 heavy (non-hydrogen) atoms. The average molecular weight is 279 g/mol. The number of benzene rings is 1. The zero-order valence-corrected chi connectivity index (χ0v) is 11.2. The molecule has 0 spiro atoms. The molecule has 6 nitrogen and oxygen atoms in total. The number of carbonyl (C=O) groups excluding carboxylic acids is 1. The molecule has 1 N–H and O–H groups in total. The zero-order valence-electron chi connectivity index (χ0n) is 11.2. The molecule has 0 fully saturated rings. The molecule has 0 atom stereocenters. The van der Waals surface area contributed by atoms with Gasteiger partial charge in [-0.05, 0) is 29.8 Å². The lowest BCUT2D eigenvalue weighted by molar-refractivity contribution is -0.115. The maximum absolute atomic E-state index is 12.0. The fourth-order valence-corrected chi connectivity index (χ4v) is 1.96. The van der Waals surface area contributed by atoms with E-state index in [0.29, 0.717) is 0 Å². The molecule has 0 aliphatic carbocycles. The summed E-state index contributed by atoms with van der Waals surface area (Å²) in [5.74, 6) is -0.109. The normalized spacial score (nSPS) is 10.3. The van der Waals surface area contributed by atoms with Gasteiger partial charge in [0.05, 0.1) is 12.1 Å². The van der Waals surface area contributed by atoms with Gasteiger partial charge >= 0.3 is 0 Å². The SMILES string of the molecule is O=C(Cc1cncnc1)Nc1cccc(-n2cccn2)c1. The van der Waals surface area contributed by atoms with Crippen molar-refractivity contribution in [2.75, 3.05) is 5.32 Å². The molecule has 2 heterocycles. The number of nitrogens with zero attached hydrogens (tertiary/aromatic N) is 4. The lowest BCUT2D eigenvalue weighted by Gasteiger charge is -2.07. The molecule has 104 valence electrons. The summed E-state index contributed by atoms with van der Waals surface area (Å²) >= 11 is 0. The molecule has 1 aromatic carbocycles. The fourth-order valence-electron chi connectivity index (χ4n) is 1.96. The Morgan fingerprint density at radius 1 is 1.19 bits per heavy atom. The van der Waals surface area contributed by atoms with Crippen molar-refractivity contribution in [1.29, 1.82) is 0 Å². The minimum atomic E-state index is -0.109. The van der Waals surface area contributed by atoms with Crippen molar-refractivity contribution in [3.05, 3.63) is 67.0 Å². The van der Waals surface area contributed by atoms with E-state index in [1.54, 1.807) is 23.3 Å². The van der Waals surface area contributed by atoms with E-state index < -0.39 is 0 Å². The van der Waals surface area contributed by atoms with Gasteiger partial charge in [0.2, 0.25) is 5.91 Å². The van der Waals surface area contributed by atoms with Crippen LogP contribution < -0.4 is 5.32 Å².